The quantitative estimate of drug-likeness (QED) is 0.802. The average molecular weight is 248 g/mol. The number of nitrogens with zero attached hydrogens (tertiary/aromatic N) is 2. The maximum Gasteiger partial charge on any atom is 0.253 e. The maximum absolute atomic E-state index is 12.5. The molecule has 1 heterocycles. The molecule has 18 heavy (non-hydrogen) atoms. The summed E-state index contributed by atoms with van der Waals surface area (Å²) in [5.41, 5.74) is 1.62. The Labute approximate surface area is 110 Å². The largest absolute Gasteiger partial charge is 0.338 e. The minimum Gasteiger partial charge on any atom is -0.338 e. The minimum absolute atomic E-state index is 0.114. The van der Waals surface area contributed by atoms with Crippen LogP contribution in [0.1, 0.15) is 43.7 Å². The molecule has 0 unspecified atom stereocenters. The molecule has 0 N–H and O–H groups in total. The molecule has 0 radical (unpaired) electrons. The number of carbonyl (C=O) groups excluding carboxylic acids is 1. The number of pyridine rings is 1. The van der Waals surface area contributed by atoms with E-state index >= 15 is 0 Å². The van der Waals surface area contributed by atoms with Crippen LogP contribution in [0.4, 0.5) is 0 Å². The summed E-state index contributed by atoms with van der Waals surface area (Å²) in [6, 6.07) is 3.65. The van der Waals surface area contributed by atoms with Gasteiger partial charge in [0.25, 0.3) is 5.91 Å². The lowest BCUT2D eigenvalue weighted by molar-refractivity contribution is 0.0715. The Hall–Kier alpha value is -1.38. The summed E-state index contributed by atoms with van der Waals surface area (Å²) in [5, 5.41) is 0. The number of amides is 1. The van der Waals surface area contributed by atoms with Gasteiger partial charge in [0.2, 0.25) is 0 Å². The fraction of sp³-hybridized carbons (Fsp3) is 0.600. The first-order valence-corrected chi connectivity index (χ1v) is 6.62. The highest BCUT2D eigenvalue weighted by Crippen LogP contribution is 2.10. The van der Waals surface area contributed by atoms with Crippen molar-refractivity contribution < 1.29 is 4.79 Å². The summed E-state index contributed by atoms with van der Waals surface area (Å²) < 4.78 is 0. The van der Waals surface area contributed by atoms with Crippen molar-refractivity contribution in [3.05, 3.63) is 29.6 Å². The molecule has 1 aromatic rings. The van der Waals surface area contributed by atoms with Crippen LogP contribution in [0.15, 0.2) is 18.3 Å². The van der Waals surface area contributed by atoms with Gasteiger partial charge in [0.05, 0.1) is 0 Å². The molecule has 1 rings (SSSR count). The minimum atomic E-state index is 0.114. The molecule has 100 valence electrons. The van der Waals surface area contributed by atoms with Crippen molar-refractivity contribution in [2.45, 2.75) is 34.6 Å². The smallest absolute Gasteiger partial charge is 0.253 e. The predicted octanol–water partition coefficient (Wildman–Crippen LogP) is 3.14. The van der Waals surface area contributed by atoms with E-state index in [0.717, 1.165) is 24.3 Å². The lowest BCUT2D eigenvalue weighted by Crippen LogP contribution is -2.37. The Balaban J connectivity index is 2.87. The highest BCUT2D eigenvalue weighted by molar-refractivity contribution is 5.94. The zero-order valence-corrected chi connectivity index (χ0v) is 12.1. The summed E-state index contributed by atoms with van der Waals surface area (Å²) in [6.45, 7) is 12.1. The Morgan fingerprint density at radius 3 is 2.22 bits per heavy atom. The van der Waals surface area contributed by atoms with Gasteiger partial charge < -0.3 is 4.90 Å². The SMILES string of the molecule is Cc1cc(C(=O)N(CC(C)C)CC(C)C)ccn1. The maximum atomic E-state index is 12.5. The lowest BCUT2D eigenvalue weighted by atomic mass is 10.1. The van der Waals surface area contributed by atoms with Crippen molar-refractivity contribution in [2.75, 3.05) is 13.1 Å². The van der Waals surface area contributed by atoms with Crippen LogP contribution in [0.3, 0.4) is 0 Å². The van der Waals surface area contributed by atoms with Gasteiger partial charge in [-0.3, -0.25) is 9.78 Å². The third-order valence-electron chi connectivity index (χ3n) is 2.60. The molecule has 0 aromatic carbocycles. The van der Waals surface area contributed by atoms with E-state index in [9.17, 15) is 4.79 Å². The van der Waals surface area contributed by atoms with Gasteiger partial charge in [0, 0.05) is 30.5 Å². The average Bonchev–Trinajstić information content (AvgIpc) is 2.26. The number of aromatic nitrogens is 1. The van der Waals surface area contributed by atoms with Crippen LogP contribution < -0.4 is 0 Å². The van der Waals surface area contributed by atoms with Crippen molar-refractivity contribution in [3.63, 3.8) is 0 Å². The normalized spacial score (nSPS) is 11.1. The predicted molar refractivity (Wildman–Crippen MR) is 74.6 cm³/mol. The van der Waals surface area contributed by atoms with Crippen LogP contribution in [0.2, 0.25) is 0 Å². The van der Waals surface area contributed by atoms with Gasteiger partial charge in [0.15, 0.2) is 0 Å². The van der Waals surface area contributed by atoms with Crippen molar-refractivity contribution >= 4 is 5.91 Å². The molecular weight excluding hydrogens is 224 g/mol. The molecule has 1 amide bonds. The summed E-state index contributed by atoms with van der Waals surface area (Å²) in [6.07, 6.45) is 1.70. The van der Waals surface area contributed by atoms with Crippen LogP contribution in [0.25, 0.3) is 0 Å². The van der Waals surface area contributed by atoms with Gasteiger partial charge in [0.1, 0.15) is 0 Å². The van der Waals surface area contributed by atoms with Crippen molar-refractivity contribution in [3.8, 4) is 0 Å². The first-order chi connectivity index (χ1) is 8.40. The first-order valence-electron chi connectivity index (χ1n) is 6.62. The van der Waals surface area contributed by atoms with Crippen LogP contribution in [0, 0.1) is 18.8 Å². The zero-order chi connectivity index (χ0) is 13.7. The van der Waals surface area contributed by atoms with Gasteiger partial charge in [-0.25, -0.2) is 0 Å². The van der Waals surface area contributed by atoms with Gasteiger partial charge in [-0.2, -0.15) is 0 Å². The standard InChI is InChI=1S/C15H24N2O/c1-11(2)9-17(10-12(3)4)15(18)14-6-7-16-13(5)8-14/h6-8,11-12H,9-10H2,1-5H3. The molecule has 0 atom stereocenters. The van der Waals surface area contributed by atoms with E-state index in [2.05, 4.69) is 32.7 Å². The highest BCUT2D eigenvalue weighted by Gasteiger charge is 2.18. The van der Waals surface area contributed by atoms with Crippen LogP contribution in [0.5, 0.6) is 0 Å². The van der Waals surface area contributed by atoms with Gasteiger partial charge in [-0.1, -0.05) is 27.7 Å². The molecule has 3 nitrogen and oxygen atoms in total. The third-order valence-corrected chi connectivity index (χ3v) is 2.60. The summed E-state index contributed by atoms with van der Waals surface area (Å²) in [7, 11) is 0. The van der Waals surface area contributed by atoms with Gasteiger partial charge in [-0.15, -0.1) is 0 Å². The second kappa shape index (κ2) is 6.53. The van der Waals surface area contributed by atoms with E-state index in [-0.39, 0.29) is 5.91 Å². The molecule has 0 spiro atoms. The van der Waals surface area contributed by atoms with Gasteiger partial charge in [-0.05, 0) is 30.9 Å². The van der Waals surface area contributed by atoms with Crippen molar-refractivity contribution in [2.24, 2.45) is 11.8 Å². The van der Waals surface area contributed by atoms with E-state index in [1.54, 1.807) is 12.3 Å². The first kappa shape index (κ1) is 14.7. The Morgan fingerprint density at radius 2 is 1.78 bits per heavy atom. The summed E-state index contributed by atoms with van der Waals surface area (Å²) >= 11 is 0. The Morgan fingerprint density at radius 1 is 1.22 bits per heavy atom. The van der Waals surface area contributed by atoms with Crippen LogP contribution in [-0.2, 0) is 0 Å². The number of aryl methyl sites for hydroxylation is 1. The van der Waals surface area contributed by atoms with Crippen LogP contribution in [-0.4, -0.2) is 28.9 Å². The zero-order valence-electron chi connectivity index (χ0n) is 12.1. The molecule has 0 aliphatic rings. The van der Waals surface area contributed by atoms with E-state index in [1.165, 1.54) is 0 Å². The van der Waals surface area contributed by atoms with E-state index in [0.29, 0.717) is 11.8 Å². The second-order valence-corrected chi connectivity index (χ2v) is 5.68. The number of carbonyl (C=O) groups is 1. The molecular formula is C15H24N2O. The number of hydrogen-bond acceptors (Lipinski definition) is 2. The fourth-order valence-corrected chi connectivity index (χ4v) is 1.98. The molecule has 3 heteroatoms. The molecule has 0 aliphatic heterocycles. The van der Waals surface area contributed by atoms with Crippen LogP contribution >= 0.6 is 0 Å². The molecule has 0 saturated carbocycles. The van der Waals surface area contributed by atoms with E-state index < -0.39 is 0 Å². The molecule has 0 fully saturated rings. The third kappa shape index (κ3) is 4.47. The van der Waals surface area contributed by atoms with Gasteiger partial charge >= 0.3 is 0 Å². The molecule has 0 bridgehead atoms. The molecule has 0 aliphatic carbocycles. The summed E-state index contributed by atoms with van der Waals surface area (Å²) in [4.78, 5) is 18.5. The Kier molecular flexibility index (Phi) is 5.32. The van der Waals surface area contributed by atoms with Crippen molar-refractivity contribution in [1.82, 2.24) is 9.88 Å². The van der Waals surface area contributed by atoms with Crippen molar-refractivity contribution in [1.29, 1.82) is 0 Å². The van der Waals surface area contributed by atoms with E-state index in [4.69, 9.17) is 0 Å². The molecule has 1 aromatic heterocycles. The Bertz CT molecular complexity index is 389. The highest BCUT2D eigenvalue weighted by atomic mass is 16.2. The summed E-state index contributed by atoms with van der Waals surface area (Å²) in [5.74, 6) is 1.08. The molecule has 0 saturated heterocycles. The number of hydrogen-bond donors (Lipinski definition) is 0. The topological polar surface area (TPSA) is 33.2 Å². The second-order valence-electron chi connectivity index (χ2n) is 5.68. The number of rotatable bonds is 5. The monoisotopic (exact) mass is 248 g/mol. The lowest BCUT2D eigenvalue weighted by Gasteiger charge is -2.26. The van der Waals surface area contributed by atoms with E-state index in [1.807, 2.05) is 17.9 Å². The fourth-order valence-electron chi connectivity index (χ4n) is 1.98.